The van der Waals surface area contributed by atoms with Gasteiger partial charge in [-0.25, -0.2) is 4.39 Å². The number of benzene rings is 2. The third kappa shape index (κ3) is 4.43. The molecule has 1 fully saturated rings. The summed E-state index contributed by atoms with van der Waals surface area (Å²) in [6.07, 6.45) is 2.18. The van der Waals surface area contributed by atoms with E-state index in [0.717, 1.165) is 4.90 Å². The van der Waals surface area contributed by atoms with E-state index >= 15 is 0 Å². The molecule has 0 aromatic heterocycles. The number of halogens is 1. The van der Waals surface area contributed by atoms with Crippen molar-refractivity contribution in [1.82, 2.24) is 9.80 Å². The maximum atomic E-state index is 13.2. The second-order valence-corrected chi connectivity index (χ2v) is 7.09. The lowest BCUT2D eigenvalue weighted by Gasteiger charge is -2.35. The summed E-state index contributed by atoms with van der Waals surface area (Å²) in [6, 6.07) is 13.7. The molecule has 0 bridgehead atoms. The van der Waals surface area contributed by atoms with Crippen molar-refractivity contribution < 1.29 is 14.0 Å². The highest BCUT2D eigenvalue weighted by molar-refractivity contribution is 7.98. The predicted octanol–water partition coefficient (Wildman–Crippen LogP) is 3.07. The fourth-order valence-corrected chi connectivity index (χ4v) is 3.42. The Kier molecular flexibility index (Phi) is 5.93. The molecule has 4 nitrogen and oxygen atoms in total. The Morgan fingerprint density at radius 2 is 1.65 bits per heavy atom. The van der Waals surface area contributed by atoms with Gasteiger partial charge in [0, 0.05) is 36.6 Å². The summed E-state index contributed by atoms with van der Waals surface area (Å²) in [6.45, 7) is 2.03. The monoisotopic (exact) mass is 372 g/mol. The number of carbonyl (C=O) groups is 2. The Morgan fingerprint density at radius 1 is 1.00 bits per heavy atom. The van der Waals surface area contributed by atoms with Gasteiger partial charge in [-0.05, 0) is 48.2 Å². The second kappa shape index (κ2) is 8.36. The lowest BCUT2D eigenvalue weighted by molar-refractivity contribution is -0.131. The molecule has 0 N–H and O–H groups in total. The molecule has 2 aromatic rings. The summed E-state index contributed by atoms with van der Waals surface area (Å²) >= 11 is 1.64. The molecule has 0 unspecified atom stereocenters. The van der Waals surface area contributed by atoms with Gasteiger partial charge in [0.1, 0.15) is 5.82 Å². The molecule has 0 atom stereocenters. The summed E-state index contributed by atoms with van der Waals surface area (Å²) in [4.78, 5) is 29.6. The van der Waals surface area contributed by atoms with Crippen molar-refractivity contribution in [2.45, 2.75) is 11.3 Å². The first kappa shape index (κ1) is 18.5. The summed E-state index contributed by atoms with van der Waals surface area (Å²) in [5.74, 6) is -0.375. The van der Waals surface area contributed by atoms with Crippen LogP contribution in [0.4, 0.5) is 4.39 Å². The maximum Gasteiger partial charge on any atom is 0.253 e. The van der Waals surface area contributed by atoms with Crippen molar-refractivity contribution in [3.05, 3.63) is 65.5 Å². The maximum absolute atomic E-state index is 13.2. The average Bonchev–Trinajstić information content (AvgIpc) is 2.67. The van der Waals surface area contributed by atoms with Crippen LogP contribution in [0.5, 0.6) is 0 Å². The molecule has 0 spiro atoms. The SMILES string of the molecule is CSc1ccc(C(=O)N2CCN(C(=O)Cc3cccc(F)c3)CC2)cc1. The zero-order chi connectivity index (χ0) is 18.5. The van der Waals surface area contributed by atoms with Gasteiger partial charge in [0.2, 0.25) is 5.91 Å². The summed E-state index contributed by atoms with van der Waals surface area (Å²) in [5.41, 5.74) is 1.34. The Hall–Kier alpha value is -2.34. The zero-order valence-electron chi connectivity index (χ0n) is 14.7. The van der Waals surface area contributed by atoms with Crippen molar-refractivity contribution in [3.8, 4) is 0 Å². The number of nitrogens with zero attached hydrogens (tertiary/aromatic N) is 2. The highest BCUT2D eigenvalue weighted by Gasteiger charge is 2.24. The quantitative estimate of drug-likeness (QED) is 0.775. The number of amides is 2. The van der Waals surface area contributed by atoms with Crippen LogP contribution in [0.1, 0.15) is 15.9 Å². The molecule has 1 saturated heterocycles. The smallest absolute Gasteiger partial charge is 0.253 e. The van der Waals surface area contributed by atoms with E-state index < -0.39 is 0 Å². The molecule has 3 rings (SSSR count). The molecule has 2 amide bonds. The Balaban J connectivity index is 1.54. The summed E-state index contributed by atoms with van der Waals surface area (Å²) < 4.78 is 13.2. The van der Waals surface area contributed by atoms with Crippen LogP contribution in [-0.4, -0.2) is 54.0 Å². The highest BCUT2D eigenvalue weighted by Crippen LogP contribution is 2.17. The number of carbonyl (C=O) groups excluding carboxylic acids is 2. The molecule has 1 aliphatic heterocycles. The average molecular weight is 372 g/mol. The highest BCUT2D eigenvalue weighted by atomic mass is 32.2. The lowest BCUT2D eigenvalue weighted by atomic mass is 10.1. The summed E-state index contributed by atoms with van der Waals surface area (Å²) in [7, 11) is 0. The van der Waals surface area contributed by atoms with Crippen LogP contribution in [0.3, 0.4) is 0 Å². The van der Waals surface area contributed by atoms with Gasteiger partial charge >= 0.3 is 0 Å². The van der Waals surface area contributed by atoms with Crippen LogP contribution in [0.15, 0.2) is 53.4 Å². The number of rotatable bonds is 4. The van der Waals surface area contributed by atoms with Crippen molar-refractivity contribution in [2.24, 2.45) is 0 Å². The normalized spacial score (nSPS) is 14.4. The largest absolute Gasteiger partial charge is 0.339 e. The molecule has 6 heteroatoms. The molecular formula is C20H21FN2O2S. The summed E-state index contributed by atoms with van der Waals surface area (Å²) in [5, 5.41) is 0. The molecule has 0 aliphatic carbocycles. The standard InChI is InChI=1S/C20H21FN2O2S/c1-26-18-7-5-16(6-8-18)20(25)23-11-9-22(10-12-23)19(24)14-15-3-2-4-17(21)13-15/h2-8,13H,9-12,14H2,1H3. The predicted molar refractivity (Wildman–Crippen MR) is 101 cm³/mol. The van der Waals surface area contributed by atoms with Crippen molar-refractivity contribution in [1.29, 1.82) is 0 Å². The van der Waals surface area contributed by atoms with E-state index in [1.165, 1.54) is 12.1 Å². The van der Waals surface area contributed by atoms with Gasteiger partial charge in [0.15, 0.2) is 0 Å². The van der Waals surface area contributed by atoms with Gasteiger partial charge < -0.3 is 9.80 Å². The molecule has 1 heterocycles. The van der Waals surface area contributed by atoms with Crippen LogP contribution in [0, 0.1) is 5.82 Å². The first-order valence-electron chi connectivity index (χ1n) is 8.52. The molecule has 26 heavy (non-hydrogen) atoms. The van der Waals surface area contributed by atoms with Crippen LogP contribution in [0.25, 0.3) is 0 Å². The molecular weight excluding hydrogens is 351 g/mol. The van der Waals surface area contributed by atoms with Gasteiger partial charge in [-0.2, -0.15) is 0 Å². The van der Waals surface area contributed by atoms with Crippen molar-refractivity contribution in [3.63, 3.8) is 0 Å². The van der Waals surface area contributed by atoms with E-state index in [1.807, 2.05) is 30.5 Å². The van der Waals surface area contributed by atoms with Crippen LogP contribution in [0.2, 0.25) is 0 Å². The van der Waals surface area contributed by atoms with Crippen molar-refractivity contribution in [2.75, 3.05) is 32.4 Å². The topological polar surface area (TPSA) is 40.6 Å². The molecule has 0 radical (unpaired) electrons. The minimum absolute atomic E-state index is 0.00474. The Labute approximate surface area is 157 Å². The molecule has 136 valence electrons. The first-order chi connectivity index (χ1) is 12.6. The second-order valence-electron chi connectivity index (χ2n) is 6.21. The third-order valence-electron chi connectivity index (χ3n) is 4.50. The molecule has 0 saturated carbocycles. The van der Waals surface area contributed by atoms with Gasteiger partial charge in [-0.3, -0.25) is 9.59 Å². The number of hydrogen-bond donors (Lipinski definition) is 0. The van der Waals surface area contributed by atoms with E-state index in [1.54, 1.807) is 33.7 Å². The van der Waals surface area contributed by atoms with Gasteiger partial charge in [0.05, 0.1) is 6.42 Å². The fourth-order valence-electron chi connectivity index (χ4n) is 3.01. The zero-order valence-corrected chi connectivity index (χ0v) is 15.5. The Bertz CT molecular complexity index is 787. The van der Waals surface area contributed by atoms with Crippen LogP contribution in [-0.2, 0) is 11.2 Å². The minimum atomic E-state index is -0.335. The van der Waals surface area contributed by atoms with Crippen LogP contribution < -0.4 is 0 Å². The third-order valence-corrected chi connectivity index (χ3v) is 5.24. The van der Waals surface area contributed by atoms with Gasteiger partial charge in [-0.1, -0.05) is 12.1 Å². The van der Waals surface area contributed by atoms with E-state index in [0.29, 0.717) is 37.3 Å². The van der Waals surface area contributed by atoms with E-state index in [2.05, 4.69) is 0 Å². The fraction of sp³-hybridized carbons (Fsp3) is 0.300. The minimum Gasteiger partial charge on any atom is -0.339 e. The lowest BCUT2D eigenvalue weighted by Crippen LogP contribution is -2.51. The number of hydrogen-bond acceptors (Lipinski definition) is 3. The first-order valence-corrected chi connectivity index (χ1v) is 9.75. The van der Waals surface area contributed by atoms with Gasteiger partial charge in [0.25, 0.3) is 5.91 Å². The van der Waals surface area contributed by atoms with Gasteiger partial charge in [-0.15, -0.1) is 11.8 Å². The van der Waals surface area contributed by atoms with Crippen molar-refractivity contribution >= 4 is 23.6 Å². The van der Waals surface area contributed by atoms with Crippen LogP contribution >= 0.6 is 11.8 Å². The Morgan fingerprint density at radius 3 is 2.27 bits per heavy atom. The molecule has 2 aromatic carbocycles. The van der Waals surface area contributed by atoms with E-state index in [4.69, 9.17) is 0 Å². The number of piperazine rings is 1. The number of thioether (sulfide) groups is 1. The van der Waals surface area contributed by atoms with E-state index in [-0.39, 0.29) is 24.1 Å². The van der Waals surface area contributed by atoms with E-state index in [9.17, 15) is 14.0 Å². The molecule has 1 aliphatic rings.